The van der Waals surface area contributed by atoms with Crippen molar-refractivity contribution in [3.05, 3.63) is 0 Å². The van der Waals surface area contributed by atoms with Crippen LogP contribution in [0.15, 0.2) is 0 Å². The first kappa shape index (κ1) is 19.6. The van der Waals surface area contributed by atoms with Gasteiger partial charge < -0.3 is 30.6 Å². The predicted molar refractivity (Wildman–Crippen MR) is 89.6 cm³/mol. The highest BCUT2D eigenvalue weighted by Gasteiger charge is 2.47. The molecule has 1 aliphatic rings. The molecule has 1 saturated heterocycles. The average Bonchev–Trinajstić information content (AvgIpc) is 2.77. The van der Waals surface area contributed by atoms with Crippen LogP contribution in [0.25, 0.3) is 0 Å². The molecule has 5 N–H and O–H groups in total. The summed E-state index contributed by atoms with van der Waals surface area (Å²) in [5.74, 6) is 0. The zero-order chi connectivity index (χ0) is 16.5. The van der Waals surface area contributed by atoms with Crippen LogP contribution in [0.5, 0.6) is 0 Å². The van der Waals surface area contributed by atoms with Crippen molar-refractivity contribution >= 4 is 17.3 Å². The first-order chi connectivity index (χ1) is 10.6. The lowest BCUT2D eigenvalue weighted by atomic mass is 10.1. The molecule has 0 unspecified atom stereocenters. The van der Waals surface area contributed by atoms with E-state index in [1.54, 1.807) is 0 Å². The standard InChI is InChI=1S/C15H30N2O4S/c1-2-3-4-5-6-7-8-16-15(22)17-11(9-18)13(20)14(21)12(17)10-19/h11-14,18-21H,2-10H2,1H3,(H,16,22)/t11-,12-,13-,14-/m1/s1. The maximum atomic E-state index is 9.92. The molecule has 0 saturated carbocycles. The SMILES string of the molecule is CCCCCCCCNC(=S)N1[C@H](CO)[C@@H](O)[C@H](O)[C@H]1CO. The van der Waals surface area contributed by atoms with E-state index in [9.17, 15) is 20.4 Å². The Kier molecular flexibility index (Phi) is 9.19. The largest absolute Gasteiger partial charge is 0.394 e. The minimum Gasteiger partial charge on any atom is -0.394 e. The van der Waals surface area contributed by atoms with Gasteiger partial charge in [0.2, 0.25) is 0 Å². The summed E-state index contributed by atoms with van der Waals surface area (Å²) in [4.78, 5) is 1.53. The summed E-state index contributed by atoms with van der Waals surface area (Å²) >= 11 is 5.30. The number of aliphatic hydroxyl groups is 4. The van der Waals surface area contributed by atoms with Crippen molar-refractivity contribution in [2.75, 3.05) is 19.8 Å². The molecule has 0 aromatic heterocycles. The lowest BCUT2D eigenvalue weighted by Gasteiger charge is -2.31. The Hall–Kier alpha value is -0.470. The van der Waals surface area contributed by atoms with Gasteiger partial charge in [0, 0.05) is 6.54 Å². The molecule has 0 bridgehead atoms. The van der Waals surface area contributed by atoms with E-state index in [0.29, 0.717) is 11.7 Å². The maximum Gasteiger partial charge on any atom is 0.169 e. The van der Waals surface area contributed by atoms with E-state index < -0.39 is 24.3 Å². The topological polar surface area (TPSA) is 96.2 Å². The molecule has 22 heavy (non-hydrogen) atoms. The Morgan fingerprint density at radius 3 is 1.95 bits per heavy atom. The molecule has 6 nitrogen and oxygen atoms in total. The van der Waals surface area contributed by atoms with Crippen molar-refractivity contribution < 1.29 is 20.4 Å². The number of likely N-dealkylation sites (tertiary alicyclic amines) is 1. The van der Waals surface area contributed by atoms with E-state index in [1.165, 1.54) is 30.6 Å². The molecule has 0 aliphatic carbocycles. The number of hydrogen-bond acceptors (Lipinski definition) is 5. The third kappa shape index (κ3) is 5.03. The second-order valence-corrected chi connectivity index (χ2v) is 6.27. The molecule has 7 heteroatoms. The zero-order valence-electron chi connectivity index (χ0n) is 13.3. The van der Waals surface area contributed by atoms with Crippen molar-refractivity contribution in [3.8, 4) is 0 Å². The van der Waals surface area contributed by atoms with Crippen molar-refractivity contribution in [2.45, 2.75) is 69.7 Å². The molecule has 130 valence electrons. The zero-order valence-corrected chi connectivity index (χ0v) is 14.1. The third-order valence-corrected chi connectivity index (χ3v) is 4.62. The van der Waals surface area contributed by atoms with E-state index >= 15 is 0 Å². The normalized spacial score (nSPS) is 28.1. The smallest absolute Gasteiger partial charge is 0.169 e. The van der Waals surface area contributed by atoms with E-state index in [4.69, 9.17) is 12.2 Å². The van der Waals surface area contributed by atoms with Crippen LogP contribution in [0.3, 0.4) is 0 Å². The van der Waals surface area contributed by atoms with Crippen molar-refractivity contribution in [3.63, 3.8) is 0 Å². The summed E-state index contributed by atoms with van der Waals surface area (Å²) in [6.45, 7) is 2.25. The van der Waals surface area contributed by atoms with Gasteiger partial charge in [-0.15, -0.1) is 0 Å². The summed E-state index contributed by atoms with van der Waals surface area (Å²) in [7, 11) is 0. The van der Waals surface area contributed by atoms with Gasteiger partial charge in [0.25, 0.3) is 0 Å². The highest BCUT2D eigenvalue weighted by atomic mass is 32.1. The predicted octanol–water partition coefficient (Wildman–Crippen LogP) is -0.0194. The van der Waals surface area contributed by atoms with Crippen molar-refractivity contribution in [1.29, 1.82) is 0 Å². The minimum absolute atomic E-state index is 0.326. The van der Waals surface area contributed by atoms with Crippen LogP contribution >= 0.6 is 12.2 Å². The van der Waals surface area contributed by atoms with Crippen molar-refractivity contribution in [1.82, 2.24) is 10.2 Å². The molecular weight excluding hydrogens is 304 g/mol. The monoisotopic (exact) mass is 334 g/mol. The van der Waals surface area contributed by atoms with Crippen LogP contribution in [0.4, 0.5) is 0 Å². The summed E-state index contributed by atoms with van der Waals surface area (Å²) in [6.07, 6.45) is 4.86. The maximum absolute atomic E-state index is 9.92. The molecule has 0 aromatic rings. The molecule has 1 aliphatic heterocycles. The van der Waals surface area contributed by atoms with Crippen LogP contribution in [0, 0.1) is 0 Å². The molecule has 0 radical (unpaired) electrons. The third-order valence-electron chi connectivity index (χ3n) is 4.27. The Morgan fingerprint density at radius 1 is 0.955 bits per heavy atom. The fraction of sp³-hybridized carbons (Fsp3) is 0.933. The molecule has 1 heterocycles. The number of nitrogens with zero attached hydrogens (tertiary/aromatic N) is 1. The Morgan fingerprint density at radius 2 is 1.45 bits per heavy atom. The van der Waals surface area contributed by atoms with Gasteiger partial charge in [0.15, 0.2) is 5.11 Å². The molecule has 1 rings (SSSR count). The average molecular weight is 334 g/mol. The number of thiocarbonyl (C=S) groups is 1. The molecular formula is C15H30N2O4S. The number of nitrogens with one attached hydrogen (secondary N) is 1. The van der Waals surface area contributed by atoms with Crippen LogP contribution in [-0.2, 0) is 0 Å². The lowest BCUT2D eigenvalue weighted by molar-refractivity contribution is 0.0130. The van der Waals surface area contributed by atoms with Gasteiger partial charge in [0.05, 0.1) is 25.3 Å². The van der Waals surface area contributed by atoms with Gasteiger partial charge in [0.1, 0.15) is 12.2 Å². The van der Waals surface area contributed by atoms with E-state index in [0.717, 1.165) is 12.8 Å². The molecule has 0 amide bonds. The molecule has 0 aromatic carbocycles. The van der Waals surface area contributed by atoms with Gasteiger partial charge >= 0.3 is 0 Å². The van der Waals surface area contributed by atoms with Gasteiger partial charge in [-0.25, -0.2) is 0 Å². The lowest BCUT2D eigenvalue weighted by Crippen LogP contribution is -2.51. The van der Waals surface area contributed by atoms with Gasteiger partial charge in [-0.2, -0.15) is 0 Å². The summed E-state index contributed by atoms with van der Waals surface area (Å²) < 4.78 is 0. The number of hydrogen-bond donors (Lipinski definition) is 5. The van der Waals surface area contributed by atoms with E-state index in [-0.39, 0.29) is 13.2 Å². The van der Waals surface area contributed by atoms with E-state index in [1.807, 2.05) is 0 Å². The Labute approximate surface area is 138 Å². The number of aliphatic hydroxyl groups excluding tert-OH is 4. The van der Waals surface area contributed by atoms with Gasteiger partial charge in [-0.1, -0.05) is 39.0 Å². The second-order valence-electron chi connectivity index (χ2n) is 5.89. The molecule has 1 fully saturated rings. The minimum atomic E-state index is -1.11. The summed E-state index contributed by atoms with van der Waals surface area (Å²) in [5, 5.41) is 42.1. The number of rotatable bonds is 9. The quantitative estimate of drug-likeness (QED) is 0.299. The van der Waals surface area contributed by atoms with Crippen LogP contribution in [0.1, 0.15) is 45.4 Å². The Balaban J connectivity index is 2.39. The fourth-order valence-corrected chi connectivity index (χ4v) is 3.29. The summed E-state index contributed by atoms with van der Waals surface area (Å²) in [5.41, 5.74) is 0. The van der Waals surface area contributed by atoms with Crippen LogP contribution < -0.4 is 5.32 Å². The first-order valence-electron chi connectivity index (χ1n) is 8.22. The highest BCUT2D eigenvalue weighted by Crippen LogP contribution is 2.25. The number of unbranched alkanes of at least 4 members (excludes halogenated alkanes) is 5. The fourth-order valence-electron chi connectivity index (χ4n) is 2.92. The van der Waals surface area contributed by atoms with E-state index in [2.05, 4.69) is 12.2 Å². The summed E-state index contributed by atoms with van der Waals surface area (Å²) in [6, 6.07) is -1.37. The Bertz CT molecular complexity index is 317. The van der Waals surface area contributed by atoms with Gasteiger partial charge in [-0.05, 0) is 18.6 Å². The van der Waals surface area contributed by atoms with Gasteiger partial charge in [-0.3, -0.25) is 0 Å². The second kappa shape index (κ2) is 10.3. The first-order valence-corrected chi connectivity index (χ1v) is 8.63. The highest BCUT2D eigenvalue weighted by molar-refractivity contribution is 7.80. The molecule has 4 atom stereocenters. The van der Waals surface area contributed by atoms with Crippen LogP contribution in [0.2, 0.25) is 0 Å². The van der Waals surface area contributed by atoms with Crippen LogP contribution in [-0.4, -0.2) is 74.5 Å². The van der Waals surface area contributed by atoms with Crippen molar-refractivity contribution in [2.24, 2.45) is 0 Å². The molecule has 0 spiro atoms.